The van der Waals surface area contributed by atoms with Gasteiger partial charge in [-0.15, -0.1) is 12.4 Å². The molecule has 2 aromatic carbocycles. The molecule has 1 saturated carbocycles. The molecule has 1 fully saturated rings. The summed E-state index contributed by atoms with van der Waals surface area (Å²) in [6.07, 6.45) is -5.77. The molecule has 0 radical (unpaired) electrons. The number of pyridine rings is 1. The SMILES string of the molecule is Cl.O=C(NCc1cc(-c2ccc(C(F)(F)F)nc2)nc(SCc2ccccc2)n1)[C@H]1C[C@@H](F)C[C@H]1S(=O)(=O)c1ccc(F)cc1. The molecular weight excluding hydrogens is 659 g/mol. The van der Waals surface area contributed by atoms with Crippen LogP contribution < -0.4 is 5.32 Å². The van der Waals surface area contributed by atoms with Crippen LogP contribution in [-0.4, -0.2) is 40.7 Å². The van der Waals surface area contributed by atoms with Gasteiger partial charge >= 0.3 is 6.18 Å². The predicted molar refractivity (Wildman–Crippen MR) is 160 cm³/mol. The summed E-state index contributed by atoms with van der Waals surface area (Å²) in [4.78, 5) is 25.5. The van der Waals surface area contributed by atoms with Gasteiger partial charge in [0.25, 0.3) is 0 Å². The highest BCUT2D eigenvalue weighted by Gasteiger charge is 2.46. The molecule has 1 N–H and O–H groups in total. The van der Waals surface area contributed by atoms with Crippen molar-refractivity contribution < 1.29 is 35.2 Å². The third kappa shape index (κ3) is 8.35. The molecule has 15 heteroatoms. The lowest BCUT2D eigenvalue weighted by Gasteiger charge is -2.19. The lowest BCUT2D eigenvalue weighted by atomic mass is 10.1. The molecule has 5 rings (SSSR count). The molecule has 45 heavy (non-hydrogen) atoms. The van der Waals surface area contributed by atoms with Crippen molar-refractivity contribution in [2.24, 2.45) is 5.92 Å². The zero-order chi connectivity index (χ0) is 31.5. The maximum Gasteiger partial charge on any atom is 0.433 e. The molecule has 0 spiro atoms. The molecule has 0 saturated heterocycles. The molecule has 1 amide bonds. The van der Waals surface area contributed by atoms with Crippen molar-refractivity contribution in [3.05, 3.63) is 102 Å². The number of thioether (sulfide) groups is 1. The van der Waals surface area contributed by atoms with Gasteiger partial charge in [0.2, 0.25) is 5.91 Å². The number of alkyl halides is 4. The molecule has 0 unspecified atom stereocenters. The minimum absolute atomic E-state index is 0. The van der Waals surface area contributed by atoms with Gasteiger partial charge < -0.3 is 5.32 Å². The van der Waals surface area contributed by atoms with E-state index in [0.29, 0.717) is 11.4 Å². The average molecular weight is 685 g/mol. The summed E-state index contributed by atoms with van der Waals surface area (Å²) >= 11 is 1.28. The number of amides is 1. The Bertz CT molecular complexity index is 1730. The first-order valence-electron chi connectivity index (χ1n) is 13.4. The number of benzene rings is 2. The normalized spacial score (nSPS) is 18.3. The summed E-state index contributed by atoms with van der Waals surface area (Å²) in [6.45, 7) is -0.182. The molecule has 0 aliphatic heterocycles. The predicted octanol–water partition coefficient (Wildman–Crippen LogP) is 6.62. The molecule has 1 aliphatic rings. The summed E-state index contributed by atoms with van der Waals surface area (Å²) in [5, 5.41) is 1.58. The Hall–Kier alpha value is -3.62. The van der Waals surface area contributed by atoms with Crippen molar-refractivity contribution in [3.8, 4) is 11.3 Å². The number of carbonyl (C=O) groups is 1. The van der Waals surface area contributed by atoms with Crippen molar-refractivity contribution in [2.45, 2.75) is 52.8 Å². The van der Waals surface area contributed by atoms with Crippen LogP contribution in [0.3, 0.4) is 0 Å². The summed E-state index contributed by atoms with van der Waals surface area (Å²) in [6, 6.07) is 17.1. The summed E-state index contributed by atoms with van der Waals surface area (Å²) in [7, 11) is -4.15. The smallest absolute Gasteiger partial charge is 0.350 e. The lowest BCUT2D eigenvalue weighted by molar-refractivity contribution is -0.141. The van der Waals surface area contributed by atoms with Gasteiger partial charge in [-0.1, -0.05) is 42.1 Å². The van der Waals surface area contributed by atoms with Crippen molar-refractivity contribution >= 4 is 39.9 Å². The molecule has 2 aromatic heterocycles. The largest absolute Gasteiger partial charge is 0.433 e. The number of nitrogens with one attached hydrogen (secondary N) is 1. The highest BCUT2D eigenvalue weighted by atomic mass is 35.5. The summed E-state index contributed by atoms with van der Waals surface area (Å²) < 4.78 is 93.4. The van der Waals surface area contributed by atoms with E-state index in [0.717, 1.165) is 42.1 Å². The van der Waals surface area contributed by atoms with Crippen molar-refractivity contribution in [1.82, 2.24) is 20.3 Å². The first kappa shape index (κ1) is 34.3. The number of hydrogen-bond acceptors (Lipinski definition) is 7. The van der Waals surface area contributed by atoms with E-state index >= 15 is 0 Å². The van der Waals surface area contributed by atoms with Gasteiger partial charge in [0.1, 0.15) is 17.7 Å². The van der Waals surface area contributed by atoms with E-state index in [9.17, 15) is 35.2 Å². The minimum atomic E-state index is -4.61. The van der Waals surface area contributed by atoms with Crippen LogP contribution >= 0.6 is 24.2 Å². The topological polar surface area (TPSA) is 102 Å². The Balaban J connectivity index is 0.00000461. The number of nitrogens with zero attached hydrogens (tertiary/aromatic N) is 3. The quantitative estimate of drug-likeness (QED) is 0.0916. The fourth-order valence-electron chi connectivity index (χ4n) is 4.88. The summed E-state index contributed by atoms with van der Waals surface area (Å²) in [5.41, 5.74) is 0.771. The molecule has 2 heterocycles. The Morgan fingerprint density at radius 3 is 2.33 bits per heavy atom. The molecule has 0 bridgehead atoms. The second kappa shape index (κ2) is 14.2. The van der Waals surface area contributed by atoms with Crippen LogP contribution in [0.15, 0.2) is 89.0 Å². The second-order valence-corrected chi connectivity index (χ2v) is 13.3. The zero-order valence-corrected chi connectivity index (χ0v) is 25.7. The van der Waals surface area contributed by atoms with Crippen molar-refractivity contribution in [2.75, 3.05) is 0 Å². The monoisotopic (exact) mass is 684 g/mol. The van der Waals surface area contributed by atoms with E-state index < -0.39 is 50.8 Å². The number of carbonyl (C=O) groups excluding carboxylic acids is 1. The number of sulfone groups is 1. The van der Waals surface area contributed by atoms with E-state index in [2.05, 4.69) is 20.3 Å². The van der Waals surface area contributed by atoms with E-state index in [4.69, 9.17) is 0 Å². The van der Waals surface area contributed by atoms with Crippen LogP contribution in [-0.2, 0) is 33.1 Å². The van der Waals surface area contributed by atoms with Gasteiger partial charge in [-0.25, -0.2) is 27.2 Å². The Labute approximate surface area is 266 Å². The van der Waals surface area contributed by atoms with Crippen LogP contribution in [0, 0.1) is 11.7 Å². The van der Waals surface area contributed by atoms with Crippen LogP contribution in [0.4, 0.5) is 22.0 Å². The fraction of sp³-hybridized carbons (Fsp3) is 0.267. The van der Waals surface area contributed by atoms with Crippen LogP contribution in [0.1, 0.15) is 29.8 Å². The third-order valence-electron chi connectivity index (χ3n) is 7.09. The maximum absolute atomic E-state index is 14.5. The number of rotatable bonds is 9. The van der Waals surface area contributed by atoms with Gasteiger partial charge in [0.05, 0.1) is 34.0 Å². The van der Waals surface area contributed by atoms with Crippen molar-refractivity contribution in [1.29, 1.82) is 0 Å². The van der Waals surface area contributed by atoms with Crippen LogP contribution in [0.25, 0.3) is 11.3 Å². The first-order chi connectivity index (χ1) is 20.9. The Kier molecular flexibility index (Phi) is 10.8. The van der Waals surface area contributed by atoms with Gasteiger partial charge in [0.15, 0.2) is 15.0 Å². The van der Waals surface area contributed by atoms with Crippen LogP contribution in [0.5, 0.6) is 0 Å². The molecule has 238 valence electrons. The molecule has 7 nitrogen and oxygen atoms in total. The van der Waals surface area contributed by atoms with E-state index in [1.165, 1.54) is 23.9 Å². The Morgan fingerprint density at radius 1 is 0.978 bits per heavy atom. The standard InChI is InChI=1S/C30H25F5N4O3S2.ClH/c31-20-7-9-23(10-8-20)44(41,42)26-13-21(32)12-24(26)28(40)37-16-22-14-25(19-6-11-27(36-15-19)30(33,34)35)39-29(38-22)43-17-18-4-2-1-3-5-18;/h1-11,14-15,21,24,26H,12-13,16-17H2,(H,37,40);1H/t21-,24+,26-;/m1./s1. The number of aromatic nitrogens is 3. The van der Waals surface area contributed by atoms with Crippen LogP contribution in [0.2, 0.25) is 0 Å². The van der Waals surface area contributed by atoms with E-state index in [-0.39, 0.29) is 53.1 Å². The number of halogens is 6. The van der Waals surface area contributed by atoms with Crippen molar-refractivity contribution in [3.63, 3.8) is 0 Å². The Morgan fingerprint density at radius 2 is 1.69 bits per heavy atom. The zero-order valence-electron chi connectivity index (χ0n) is 23.2. The molecule has 3 atom stereocenters. The molecular formula is C30H26ClF5N4O3S2. The highest BCUT2D eigenvalue weighted by Crippen LogP contribution is 2.37. The lowest BCUT2D eigenvalue weighted by Crippen LogP contribution is -2.38. The molecule has 1 aliphatic carbocycles. The number of hydrogen-bond donors (Lipinski definition) is 1. The van der Waals surface area contributed by atoms with Gasteiger partial charge in [0, 0.05) is 17.5 Å². The minimum Gasteiger partial charge on any atom is -0.350 e. The van der Waals surface area contributed by atoms with Gasteiger partial charge in [-0.2, -0.15) is 13.2 Å². The third-order valence-corrected chi connectivity index (χ3v) is 10.3. The average Bonchev–Trinajstić information content (AvgIpc) is 3.42. The highest BCUT2D eigenvalue weighted by molar-refractivity contribution is 7.98. The first-order valence-corrected chi connectivity index (χ1v) is 15.9. The molecule has 4 aromatic rings. The maximum atomic E-state index is 14.5. The van der Waals surface area contributed by atoms with Gasteiger partial charge in [-0.05, 0) is 60.9 Å². The summed E-state index contributed by atoms with van der Waals surface area (Å²) in [5.74, 6) is -2.04. The fourth-order valence-corrected chi connectivity index (χ4v) is 7.71. The van der Waals surface area contributed by atoms with E-state index in [1.807, 2.05) is 30.3 Å². The van der Waals surface area contributed by atoms with E-state index in [1.54, 1.807) is 0 Å². The second-order valence-electron chi connectivity index (χ2n) is 10.2. The van der Waals surface area contributed by atoms with Gasteiger partial charge in [-0.3, -0.25) is 9.78 Å².